The van der Waals surface area contributed by atoms with Crippen molar-refractivity contribution in [3.05, 3.63) is 24.0 Å². The van der Waals surface area contributed by atoms with Gasteiger partial charge < -0.3 is 5.73 Å². The van der Waals surface area contributed by atoms with Gasteiger partial charge in [-0.3, -0.25) is 0 Å². The third-order valence-electron chi connectivity index (χ3n) is 3.60. The lowest BCUT2D eigenvalue weighted by molar-refractivity contribution is 0.213. The molecule has 0 saturated heterocycles. The van der Waals surface area contributed by atoms with Crippen molar-refractivity contribution >= 4 is 15.7 Å². The quantitative estimate of drug-likeness (QED) is 0.824. The van der Waals surface area contributed by atoms with Gasteiger partial charge in [0.2, 0.25) is 10.0 Å². The summed E-state index contributed by atoms with van der Waals surface area (Å²) in [7, 11) is -3.90. The van der Waals surface area contributed by atoms with Crippen LogP contribution in [0.4, 0.5) is 10.1 Å². The summed E-state index contributed by atoms with van der Waals surface area (Å²) in [5, 5.41) is 0. The van der Waals surface area contributed by atoms with Gasteiger partial charge in [-0.15, -0.1) is 0 Å². The predicted octanol–water partition coefficient (Wildman–Crippen LogP) is 2.02. The highest BCUT2D eigenvalue weighted by Gasteiger charge is 2.40. The van der Waals surface area contributed by atoms with E-state index in [1.807, 2.05) is 6.92 Å². The molecule has 1 fully saturated rings. The lowest BCUT2D eigenvalue weighted by Crippen LogP contribution is -2.53. The second kappa shape index (κ2) is 4.51. The Morgan fingerprint density at radius 3 is 2.56 bits per heavy atom. The Morgan fingerprint density at radius 2 is 2.11 bits per heavy atom. The molecule has 1 aliphatic rings. The van der Waals surface area contributed by atoms with E-state index in [2.05, 4.69) is 4.72 Å². The van der Waals surface area contributed by atoms with Crippen LogP contribution in [0.3, 0.4) is 0 Å². The van der Waals surface area contributed by atoms with Crippen molar-refractivity contribution in [3.63, 3.8) is 0 Å². The molecule has 1 aliphatic carbocycles. The summed E-state index contributed by atoms with van der Waals surface area (Å²) in [6.45, 7) is 1.92. The van der Waals surface area contributed by atoms with Crippen molar-refractivity contribution in [2.75, 3.05) is 5.73 Å². The second-order valence-electron chi connectivity index (χ2n) is 4.75. The van der Waals surface area contributed by atoms with Gasteiger partial charge in [-0.25, -0.2) is 17.5 Å². The highest BCUT2D eigenvalue weighted by atomic mass is 32.2. The fourth-order valence-electron chi connectivity index (χ4n) is 2.28. The molecular formula is C12H17FN2O2S. The first-order chi connectivity index (χ1) is 8.40. The zero-order chi connectivity index (χ0) is 13.4. The number of nitrogens with one attached hydrogen (secondary N) is 1. The van der Waals surface area contributed by atoms with Crippen LogP contribution in [-0.4, -0.2) is 14.0 Å². The van der Waals surface area contributed by atoms with E-state index in [1.165, 1.54) is 12.1 Å². The Hall–Kier alpha value is -1.14. The second-order valence-corrected chi connectivity index (χ2v) is 6.37. The van der Waals surface area contributed by atoms with Crippen LogP contribution in [0, 0.1) is 5.82 Å². The van der Waals surface area contributed by atoms with E-state index in [1.54, 1.807) is 0 Å². The maximum Gasteiger partial charge on any atom is 0.246 e. The van der Waals surface area contributed by atoms with Gasteiger partial charge in [0.1, 0.15) is 10.7 Å². The van der Waals surface area contributed by atoms with E-state index in [9.17, 15) is 12.8 Å². The van der Waals surface area contributed by atoms with Gasteiger partial charge in [0, 0.05) is 5.54 Å². The van der Waals surface area contributed by atoms with Crippen LogP contribution < -0.4 is 10.5 Å². The van der Waals surface area contributed by atoms with Gasteiger partial charge in [-0.05, 0) is 37.8 Å². The zero-order valence-electron chi connectivity index (χ0n) is 10.2. The molecule has 0 heterocycles. The van der Waals surface area contributed by atoms with E-state index in [0.717, 1.165) is 25.3 Å². The molecule has 1 aromatic rings. The third kappa shape index (κ3) is 2.22. The van der Waals surface area contributed by atoms with Gasteiger partial charge >= 0.3 is 0 Å². The number of hydrogen-bond acceptors (Lipinski definition) is 3. The van der Waals surface area contributed by atoms with Crippen LogP contribution >= 0.6 is 0 Å². The molecule has 0 amide bonds. The van der Waals surface area contributed by atoms with Gasteiger partial charge in [0.05, 0.1) is 5.69 Å². The highest BCUT2D eigenvalue weighted by molar-refractivity contribution is 7.89. The van der Waals surface area contributed by atoms with Gasteiger partial charge in [-0.1, -0.05) is 13.0 Å². The Labute approximate surface area is 106 Å². The number of rotatable bonds is 4. The molecule has 4 nitrogen and oxygen atoms in total. The molecule has 0 unspecified atom stereocenters. The fourth-order valence-corrected chi connectivity index (χ4v) is 4.00. The molecule has 0 bridgehead atoms. The largest absolute Gasteiger partial charge is 0.398 e. The summed E-state index contributed by atoms with van der Waals surface area (Å²) in [6, 6.07) is 3.88. The SMILES string of the molecule is CCC1(NS(=O)(=O)c2c(N)cccc2F)CCC1. The van der Waals surface area contributed by atoms with Crippen molar-refractivity contribution in [1.29, 1.82) is 0 Å². The van der Waals surface area contributed by atoms with E-state index in [4.69, 9.17) is 5.73 Å². The molecular weight excluding hydrogens is 255 g/mol. The van der Waals surface area contributed by atoms with Crippen LogP contribution in [0.5, 0.6) is 0 Å². The number of halogens is 1. The molecule has 0 aliphatic heterocycles. The van der Waals surface area contributed by atoms with Gasteiger partial charge in [-0.2, -0.15) is 0 Å². The summed E-state index contributed by atoms with van der Waals surface area (Å²) in [5.41, 5.74) is 5.08. The van der Waals surface area contributed by atoms with Gasteiger partial charge in [0.25, 0.3) is 0 Å². The van der Waals surface area contributed by atoms with Crippen LogP contribution in [-0.2, 0) is 10.0 Å². The first-order valence-corrected chi connectivity index (χ1v) is 7.46. The van der Waals surface area contributed by atoms with Crippen molar-refractivity contribution in [3.8, 4) is 0 Å². The minimum Gasteiger partial charge on any atom is -0.398 e. The average molecular weight is 272 g/mol. The molecule has 0 aromatic heterocycles. The molecule has 0 spiro atoms. The van der Waals surface area contributed by atoms with Crippen molar-refractivity contribution in [2.45, 2.75) is 43.0 Å². The minimum absolute atomic E-state index is 0.0620. The average Bonchev–Trinajstić information content (AvgIpc) is 2.23. The lowest BCUT2D eigenvalue weighted by Gasteiger charge is -2.41. The maximum atomic E-state index is 13.6. The Bertz CT molecular complexity index is 527. The highest BCUT2D eigenvalue weighted by Crippen LogP contribution is 2.36. The summed E-state index contributed by atoms with van der Waals surface area (Å²) < 4.78 is 40.7. The molecule has 3 N–H and O–H groups in total. The smallest absolute Gasteiger partial charge is 0.246 e. The molecule has 2 rings (SSSR count). The number of hydrogen-bond donors (Lipinski definition) is 2. The number of nitrogens with two attached hydrogens (primary N) is 1. The Kier molecular flexibility index (Phi) is 3.33. The zero-order valence-corrected chi connectivity index (χ0v) is 11.1. The normalized spacial score (nSPS) is 18.3. The molecule has 18 heavy (non-hydrogen) atoms. The molecule has 1 aromatic carbocycles. The summed E-state index contributed by atoms with van der Waals surface area (Å²) in [6.07, 6.45) is 3.26. The monoisotopic (exact) mass is 272 g/mol. The van der Waals surface area contributed by atoms with Crippen molar-refractivity contribution < 1.29 is 12.8 Å². The minimum atomic E-state index is -3.90. The fraction of sp³-hybridized carbons (Fsp3) is 0.500. The number of nitrogen functional groups attached to an aromatic ring is 1. The molecule has 100 valence electrons. The Morgan fingerprint density at radius 1 is 1.44 bits per heavy atom. The predicted molar refractivity (Wildman–Crippen MR) is 68.0 cm³/mol. The summed E-state index contributed by atoms with van der Waals surface area (Å²) in [4.78, 5) is -0.440. The van der Waals surface area contributed by atoms with E-state index in [0.29, 0.717) is 6.42 Å². The standard InChI is InChI=1S/C12H17FN2O2S/c1-2-12(7-4-8-12)15-18(16,17)11-9(13)5-3-6-10(11)14/h3,5-6,15H,2,4,7-8,14H2,1H3. The van der Waals surface area contributed by atoms with Crippen LogP contribution in [0.1, 0.15) is 32.6 Å². The maximum absolute atomic E-state index is 13.6. The lowest BCUT2D eigenvalue weighted by atomic mass is 9.76. The molecule has 0 atom stereocenters. The topological polar surface area (TPSA) is 72.2 Å². The molecule has 6 heteroatoms. The van der Waals surface area contributed by atoms with Crippen LogP contribution in [0.2, 0.25) is 0 Å². The summed E-state index contributed by atoms with van der Waals surface area (Å²) in [5.74, 6) is -0.812. The number of benzene rings is 1. The number of anilines is 1. The van der Waals surface area contributed by atoms with Gasteiger partial charge in [0.15, 0.2) is 0 Å². The third-order valence-corrected chi connectivity index (χ3v) is 5.27. The molecule has 0 radical (unpaired) electrons. The number of sulfonamides is 1. The van der Waals surface area contributed by atoms with Crippen LogP contribution in [0.25, 0.3) is 0 Å². The first-order valence-electron chi connectivity index (χ1n) is 5.98. The Balaban J connectivity index is 2.37. The van der Waals surface area contributed by atoms with E-state index < -0.39 is 26.3 Å². The van der Waals surface area contributed by atoms with Crippen molar-refractivity contribution in [1.82, 2.24) is 4.72 Å². The van der Waals surface area contributed by atoms with Crippen molar-refractivity contribution in [2.24, 2.45) is 0 Å². The van der Waals surface area contributed by atoms with E-state index in [-0.39, 0.29) is 5.69 Å². The van der Waals surface area contributed by atoms with E-state index >= 15 is 0 Å². The van der Waals surface area contributed by atoms with Crippen LogP contribution in [0.15, 0.2) is 23.1 Å². The first kappa shape index (κ1) is 13.3. The summed E-state index contributed by atoms with van der Waals surface area (Å²) >= 11 is 0. The molecule has 1 saturated carbocycles.